The van der Waals surface area contributed by atoms with Crippen molar-refractivity contribution >= 4 is 17.3 Å². The summed E-state index contributed by atoms with van der Waals surface area (Å²) in [6.07, 6.45) is 2.08. The highest BCUT2D eigenvalue weighted by Crippen LogP contribution is 2.22. The van der Waals surface area contributed by atoms with Crippen LogP contribution in [0.5, 0.6) is 0 Å². The number of carbonyl (C=O) groups excluding carboxylic acids is 1. The zero-order valence-electron chi connectivity index (χ0n) is 12.6. The molecule has 0 aliphatic rings. The van der Waals surface area contributed by atoms with Crippen LogP contribution in [0, 0.1) is 5.82 Å². The Hall–Kier alpha value is -1.82. The molecule has 0 amide bonds. The zero-order valence-corrected chi connectivity index (χ0v) is 12.6. The predicted molar refractivity (Wildman–Crippen MR) is 81.0 cm³/mol. The lowest BCUT2D eigenvalue weighted by Crippen LogP contribution is -2.13. The average Bonchev–Trinajstić information content (AvgIpc) is 2.44. The van der Waals surface area contributed by atoms with E-state index in [1.54, 1.807) is 6.92 Å². The van der Waals surface area contributed by atoms with E-state index in [2.05, 4.69) is 12.2 Å². The van der Waals surface area contributed by atoms with Gasteiger partial charge in [0.05, 0.1) is 24.5 Å². The van der Waals surface area contributed by atoms with Gasteiger partial charge >= 0.3 is 5.97 Å². The van der Waals surface area contributed by atoms with Gasteiger partial charge in [0.15, 0.2) is 0 Å². The second-order valence-corrected chi connectivity index (χ2v) is 4.53. The third-order valence-electron chi connectivity index (χ3n) is 2.84. The van der Waals surface area contributed by atoms with Crippen molar-refractivity contribution in [1.82, 2.24) is 0 Å². The molecule has 6 heteroatoms. The van der Waals surface area contributed by atoms with Gasteiger partial charge in [0.25, 0.3) is 0 Å². The van der Waals surface area contributed by atoms with E-state index in [4.69, 9.17) is 15.2 Å². The first-order valence-electron chi connectivity index (χ1n) is 7.17. The molecule has 3 N–H and O–H groups in total. The van der Waals surface area contributed by atoms with Gasteiger partial charge in [-0.1, -0.05) is 13.3 Å². The van der Waals surface area contributed by atoms with Crippen molar-refractivity contribution in [1.29, 1.82) is 0 Å². The summed E-state index contributed by atoms with van der Waals surface area (Å²) in [5.74, 6) is -1.06. The van der Waals surface area contributed by atoms with Gasteiger partial charge in [-0.25, -0.2) is 9.18 Å². The first-order chi connectivity index (χ1) is 10.1. The van der Waals surface area contributed by atoms with Crippen molar-refractivity contribution in [2.45, 2.75) is 26.7 Å². The summed E-state index contributed by atoms with van der Waals surface area (Å²) in [4.78, 5) is 11.7. The van der Waals surface area contributed by atoms with E-state index >= 15 is 0 Å². The molecule has 0 unspecified atom stereocenters. The van der Waals surface area contributed by atoms with Crippen LogP contribution in [-0.2, 0) is 9.47 Å². The molecule has 0 radical (unpaired) electrons. The SMILES string of the molecule is CCCCOCCNc1cc(C(=O)OCC)c(N)cc1F. The van der Waals surface area contributed by atoms with Crippen LogP contribution < -0.4 is 11.1 Å². The van der Waals surface area contributed by atoms with Gasteiger partial charge in [-0.05, 0) is 25.5 Å². The van der Waals surface area contributed by atoms with Crippen LogP contribution in [-0.4, -0.2) is 32.3 Å². The van der Waals surface area contributed by atoms with E-state index in [0.717, 1.165) is 18.9 Å². The predicted octanol–water partition coefficient (Wildman–Crippen LogP) is 2.81. The number of halogens is 1. The van der Waals surface area contributed by atoms with E-state index in [0.29, 0.717) is 19.8 Å². The smallest absolute Gasteiger partial charge is 0.340 e. The summed E-state index contributed by atoms with van der Waals surface area (Å²) in [6, 6.07) is 2.49. The number of nitrogen functional groups attached to an aromatic ring is 1. The van der Waals surface area contributed by atoms with Crippen LogP contribution in [0.4, 0.5) is 15.8 Å². The Balaban J connectivity index is 2.61. The molecule has 0 aromatic heterocycles. The fraction of sp³-hybridized carbons (Fsp3) is 0.533. The third kappa shape index (κ3) is 5.59. The molecule has 1 aromatic carbocycles. The quantitative estimate of drug-likeness (QED) is 0.416. The van der Waals surface area contributed by atoms with Gasteiger partial charge in [-0.15, -0.1) is 0 Å². The molecule has 0 fully saturated rings. The van der Waals surface area contributed by atoms with Gasteiger partial charge in [0.1, 0.15) is 5.82 Å². The molecule has 118 valence electrons. The number of hydrogen-bond donors (Lipinski definition) is 2. The summed E-state index contributed by atoms with van der Waals surface area (Å²) in [7, 11) is 0. The van der Waals surface area contributed by atoms with E-state index < -0.39 is 11.8 Å². The van der Waals surface area contributed by atoms with E-state index in [9.17, 15) is 9.18 Å². The Labute approximate surface area is 124 Å². The van der Waals surface area contributed by atoms with Crippen LogP contribution >= 0.6 is 0 Å². The van der Waals surface area contributed by atoms with E-state index in [1.807, 2.05) is 0 Å². The number of nitrogens with one attached hydrogen (secondary N) is 1. The number of anilines is 2. The number of benzene rings is 1. The maximum atomic E-state index is 13.8. The van der Waals surface area contributed by atoms with Gasteiger partial charge in [-0.2, -0.15) is 0 Å². The average molecular weight is 298 g/mol. The number of ether oxygens (including phenoxy) is 2. The highest BCUT2D eigenvalue weighted by molar-refractivity contribution is 5.96. The molecule has 0 atom stereocenters. The van der Waals surface area contributed by atoms with Crippen molar-refractivity contribution in [2.75, 3.05) is 37.4 Å². The van der Waals surface area contributed by atoms with Crippen molar-refractivity contribution in [3.63, 3.8) is 0 Å². The standard InChI is InChI=1S/C15H23FN2O3/c1-3-5-7-20-8-6-18-14-9-11(15(19)21-4-2)13(17)10-12(14)16/h9-10,18H,3-8,17H2,1-2H3. The van der Waals surface area contributed by atoms with Gasteiger partial charge in [-0.3, -0.25) is 0 Å². The number of rotatable bonds is 9. The fourth-order valence-corrected chi connectivity index (χ4v) is 1.72. The first kappa shape index (κ1) is 17.2. The molecular weight excluding hydrogens is 275 g/mol. The van der Waals surface area contributed by atoms with E-state index in [-0.39, 0.29) is 23.5 Å². The summed E-state index contributed by atoms with van der Waals surface area (Å²) >= 11 is 0. The van der Waals surface area contributed by atoms with Crippen LogP contribution in [0.2, 0.25) is 0 Å². The Morgan fingerprint density at radius 2 is 2.10 bits per heavy atom. The molecule has 0 spiro atoms. The molecule has 21 heavy (non-hydrogen) atoms. The fourth-order valence-electron chi connectivity index (χ4n) is 1.72. The largest absolute Gasteiger partial charge is 0.462 e. The second kappa shape index (κ2) is 9.18. The van der Waals surface area contributed by atoms with Crippen molar-refractivity contribution in [3.8, 4) is 0 Å². The molecule has 0 aliphatic heterocycles. The summed E-state index contributed by atoms with van der Waals surface area (Å²) in [5.41, 5.74) is 6.08. The van der Waals surface area contributed by atoms with Crippen LogP contribution in [0.3, 0.4) is 0 Å². The molecule has 0 saturated heterocycles. The zero-order chi connectivity index (χ0) is 15.7. The lowest BCUT2D eigenvalue weighted by atomic mass is 10.1. The number of unbranched alkanes of at least 4 members (excludes halogenated alkanes) is 1. The van der Waals surface area contributed by atoms with Crippen molar-refractivity contribution in [2.24, 2.45) is 0 Å². The highest BCUT2D eigenvalue weighted by Gasteiger charge is 2.15. The van der Waals surface area contributed by atoms with Crippen molar-refractivity contribution in [3.05, 3.63) is 23.5 Å². The molecule has 1 aromatic rings. The number of nitrogens with two attached hydrogens (primary N) is 1. The second-order valence-electron chi connectivity index (χ2n) is 4.53. The Kier molecular flexibility index (Phi) is 7.53. The Morgan fingerprint density at radius 1 is 1.33 bits per heavy atom. The minimum absolute atomic E-state index is 0.0655. The van der Waals surface area contributed by atoms with Gasteiger partial charge in [0.2, 0.25) is 0 Å². The number of esters is 1. The molecule has 0 bridgehead atoms. The van der Waals surface area contributed by atoms with Crippen molar-refractivity contribution < 1.29 is 18.7 Å². The highest BCUT2D eigenvalue weighted by atomic mass is 19.1. The lowest BCUT2D eigenvalue weighted by molar-refractivity contribution is 0.0527. The molecule has 0 saturated carbocycles. The normalized spacial score (nSPS) is 10.4. The molecule has 1 rings (SSSR count). The molecule has 0 aliphatic carbocycles. The molecule has 0 heterocycles. The maximum Gasteiger partial charge on any atom is 0.340 e. The number of hydrogen-bond acceptors (Lipinski definition) is 5. The third-order valence-corrected chi connectivity index (χ3v) is 2.84. The lowest BCUT2D eigenvalue weighted by Gasteiger charge is -2.11. The minimum atomic E-state index is -0.558. The summed E-state index contributed by atoms with van der Waals surface area (Å²) < 4.78 is 24.0. The Morgan fingerprint density at radius 3 is 2.76 bits per heavy atom. The van der Waals surface area contributed by atoms with Crippen LogP contribution in [0.15, 0.2) is 12.1 Å². The monoisotopic (exact) mass is 298 g/mol. The molecule has 5 nitrogen and oxygen atoms in total. The minimum Gasteiger partial charge on any atom is -0.462 e. The van der Waals surface area contributed by atoms with Crippen LogP contribution in [0.25, 0.3) is 0 Å². The van der Waals surface area contributed by atoms with Gasteiger partial charge < -0.3 is 20.5 Å². The summed E-state index contributed by atoms with van der Waals surface area (Å²) in [6.45, 7) is 5.64. The molecular formula is C15H23FN2O3. The van der Waals surface area contributed by atoms with E-state index in [1.165, 1.54) is 6.07 Å². The van der Waals surface area contributed by atoms with Gasteiger partial charge in [0, 0.05) is 18.8 Å². The number of carbonyl (C=O) groups is 1. The Bertz CT molecular complexity index is 466. The maximum absolute atomic E-state index is 13.8. The summed E-state index contributed by atoms with van der Waals surface area (Å²) in [5, 5.41) is 2.89. The van der Waals surface area contributed by atoms with Crippen LogP contribution in [0.1, 0.15) is 37.0 Å². The topological polar surface area (TPSA) is 73.6 Å². The first-order valence-corrected chi connectivity index (χ1v) is 7.17.